The molecule has 5 heteroatoms. The molecule has 0 atom stereocenters. The monoisotopic (exact) mass is 256 g/mol. The van der Waals surface area contributed by atoms with Gasteiger partial charge in [0.05, 0.1) is 6.20 Å². The van der Waals surface area contributed by atoms with Crippen LogP contribution in [0.1, 0.15) is 43.5 Å². The first-order valence-electron chi connectivity index (χ1n) is 6.40. The average Bonchev–Trinajstić information content (AvgIpc) is 2.40. The van der Waals surface area contributed by atoms with Crippen LogP contribution in [-0.4, -0.2) is 15.9 Å². The molecule has 1 aliphatic carbocycles. The molecular weight excluding hydrogens is 240 g/mol. The molecule has 0 saturated heterocycles. The number of nitrogens with zero attached hydrogens (tertiary/aromatic N) is 3. The number of carbonyl (C=O) groups excluding carboxylic acids is 1. The van der Waals surface area contributed by atoms with Crippen LogP contribution in [0.3, 0.4) is 0 Å². The maximum absolute atomic E-state index is 11.9. The molecule has 19 heavy (non-hydrogen) atoms. The molecule has 2 rings (SSSR count). The highest BCUT2D eigenvalue weighted by Crippen LogP contribution is 2.20. The molecule has 0 unspecified atom stereocenters. The third kappa shape index (κ3) is 3.62. The first-order valence-corrected chi connectivity index (χ1v) is 6.40. The maximum Gasteiger partial charge on any atom is 0.229 e. The van der Waals surface area contributed by atoms with Crippen molar-refractivity contribution in [1.29, 1.82) is 5.26 Å². The van der Waals surface area contributed by atoms with Gasteiger partial charge in [0.2, 0.25) is 5.91 Å². The van der Waals surface area contributed by atoms with Crippen molar-refractivity contribution in [3.05, 3.63) is 29.2 Å². The molecule has 1 heterocycles. The summed E-state index contributed by atoms with van der Waals surface area (Å²) in [6.45, 7) is 1.72. The number of anilines is 1. The Labute approximate surface area is 112 Å². The number of carbonyl (C=O) groups is 1. The first-order chi connectivity index (χ1) is 9.19. The molecule has 0 spiro atoms. The normalized spacial score (nSPS) is 14.4. The van der Waals surface area contributed by atoms with Gasteiger partial charge in [0.25, 0.3) is 0 Å². The molecule has 1 aliphatic rings. The first kappa shape index (κ1) is 13.2. The van der Waals surface area contributed by atoms with Gasteiger partial charge < -0.3 is 5.32 Å². The van der Waals surface area contributed by atoms with E-state index in [-0.39, 0.29) is 11.5 Å². The Morgan fingerprint density at radius 3 is 3.05 bits per heavy atom. The average molecular weight is 256 g/mol. The van der Waals surface area contributed by atoms with Crippen LogP contribution in [-0.2, 0) is 4.79 Å². The number of amides is 1. The minimum atomic E-state index is -0.122. The fourth-order valence-electron chi connectivity index (χ4n) is 2.09. The van der Waals surface area contributed by atoms with Crippen molar-refractivity contribution in [2.75, 3.05) is 5.32 Å². The van der Waals surface area contributed by atoms with Crippen molar-refractivity contribution in [3.63, 3.8) is 0 Å². The van der Waals surface area contributed by atoms with Crippen LogP contribution in [0, 0.1) is 18.3 Å². The van der Waals surface area contributed by atoms with Crippen molar-refractivity contribution in [2.45, 2.75) is 39.0 Å². The lowest BCUT2D eigenvalue weighted by Gasteiger charge is -2.12. The number of aromatic nitrogens is 2. The molecule has 0 radical (unpaired) electrons. The van der Waals surface area contributed by atoms with E-state index in [4.69, 9.17) is 5.26 Å². The Kier molecular flexibility index (Phi) is 4.24. The summed E-state index contributed by atoms with van der Waals surface area (Å²) in [7, 11) is 0. The largest absolute Gasteiger partial charge is 0.309 e. The van der Waals surface area contributed by atoms with E-state index in [0.717, 1.165) is 19.3 Å². The van der Waals surface area contributed by atoms with Crippen LogP contribution in [0.15, 0.2) is 17.8 Å². The SMILES string of the molecule is Cc1ncc(C#N)c(NC(=O)CC2=CCCCC2)n1. The van der Waals surface area contributed by atoms with E-state index in [1.165, 1.54) is 18.2 Å². The van der Waals surface area contributed by atoms with Crippen molar-refractivity contribution in [3.8, 4) is 6.07 Å². The second kappa shape index (κ2) is 6.10. The summed E-state index contributed by atoms with van der Waals surface area (Å²) < 4.78 is 0. The number of allylic oxidation sites excluding steroid dienone is 1. The number of aryl methyl sites for hydroxylation is 1. The Bertz CT molecular complexity index is 557. The fourth-order valence-corrected chi connectivity index (χ4v) is 2.09. The highest BCUT2D eigenvalue weighted by atomic mass is 16.1. The van der Waals surface area contributed by atoms with Gasteiger partial charge in [-0.3, -0.25) is 4.79 Å². The van der Waals surface area contributed by atoms with Crippen LogP contribution >= 0.6 is 0 Å². The lowest BCUT2D eigenvalue weighted by atomic mass is 9.97. The number of rotatable bonds is 3. The van der Waals surface area contributed by atoms with Gasteiger partial charge in [-0.25, -0.2) is 9.97 Å². The van der Waals surface area contributed by atoms with Gasteiger partial charge in [-0.1, -0.05) is 11.6 Å². The molecule has 1 aromatic heterocycles. The third-order valence-electron chi connectivity index (χ3n) is 3.06. The Morgan fingerprint density at radius 1 is 1.53 bits per heavy atom. The van der Waals surface area contributed by atoms with E-state index in [1.807, 2.05) is 6.07 Å². The smallest absolute Gasteiger partial charge is 0.229 e. The van der Waals surface area contributed by atoms with Crippen molar-refractivity contribution in [2.24, 2.45) is 0 Å². The van der Waals surface area contributed by atoms with Gasteiger partial charge in [0.1, 0.15) is 17.5 Å². The standard InChI is InChI=1S/C14H16N4O/c1-10-16-9-12(8-15)14(17-10)18-13(19)7-11-5-3-2-4-6-11/h5,9H,2-4,6-7H2,1H3,(H,16,17,18,19). The summed E-state index contributed by atoms with van der Waals surface area (Å²) in [5, 5.41) is 11.6. The van der Waals surface area contributed by atoms with E-state index >= 15 is 0 Å². The third-order valence-corrected chi connectivity index (χ3v) is 3.06. The molecule has 1 N–H and O–H groups in total. The van der Waals surface area contributed by atoms with Gasteiger partial charge in [0, 0.05) is 6.42 Å². The minimum absolute atomic E-state index is 0.122. The highest BCUT2D eigenvalue weighted by Gasteiger charge is 2.12. The lowest BCUT2D eigenvalue weighted by molar-refractivity contribution is -0.115. The molecule has 0 bridgehead atoms. The van der Waals surface area contributed by atoms with Crippen molar-refractivity contribution in [1.82, 2.24) is 9.97 Å². The number of hydrogen-bond acceptors (Lipinski definition) is 4. The zero-order valence-electron chi connectivity index (χ0n) is 10.9. The number of hydrogen-bond donors (Lipinski definition) is 1. The second-order valence-corrected chi connectivity index (χ2v) is 4.62. The summed E-state index contributed by atoms with van der Waals surface area (Å²) in [5.74, 6) is 0.713. The molecule has 0 saturated carbocycles. The zero-order chi connectivity index (χ0) is 13.7. The molecule has 0 aromatic carbocycles. The van der Waals surface area contributed by atoms with E-state index in [9.17, 15) is 4.79 Å². The van der Waals surface area contributed by atoms with Crippen LogP contribution in [0.5, 0.6) is 0 Å². The number of nitrogens with one attached hydrogen (secondary N) is 1. The summed E-state index contributed by atoms with van der Waals surface area (Å²) in [6.07, 6.45) is 8.34. The van der Waals surface area contributed by atoms with E-state index in [2.05, 4.69) is 21.4 Å². The van der Waals surface area contributed by atoms with E-state index < -0.39 is 0 Å². The van der Waals surface area contributed by atoms with Gasteiger partial charge in [-0.2, -0.15) is 5.26 Å². The topological polar surface area (TPSA) is 78.7 Å². The summed E-state index contributed by atoms with van der Waals surface area (Å²) in [4.78, 5) is 20.0. The quantitative estimate of drug-likeness (QED) is 0.843. The van der Waals surface area contributed by atoms with Crippen LogP contribution < -0.4 is 5.32 Å². The molecular formula is C14H16N4O. The van der Waals surface area contributed by atoms with Crippen LogP contribution in [0.2, 0.25) is 0 Å². The second-order valence-electron chi connectivity index (χ2n) is 4.62. The minimum Gasteiger partial charge on any atom is -0.309 e. The molecule has 1 aromatic rings. The van der Waals surface area contributed by atoms with E-state index in [1.54, 1.807) is 6.92 Å². The lowest BCUT2D eigenvalue weighted by Crippen LogP contribution is -2.15. The van der Waals surface area contributed by atoms with Gasteiger partial charge in [0.15, 0.2) is 5.82 Å². The Morgan fingerprint density at radius 2 is 2.37 bits per heavy atom. The summed E-state index contributed by atoms with van der Waals surface area (Å²) in [5.41, 5.74) is 1.46. The predicted molar refractivity (Wildman–Crippen MR) is 71.3 cm³/mol. The molecule has 98 valence electrons. The van der Waals surface area contributed by atoms with Gasteiger partial charge >= 0.3 is 0 Å². The van der Waals surface area contributed by atoms with Gasteiger partial charge in [-0.05, 0) is 32.6 Å². The van der Waals surface area contributed by atoms with Crippen LogP contribution in [0.25, 0.3) is 0 Å². The highest BCUT2D eigenvalue weighted by molar-refractivity contribution is 5.92. The maximum atomic E-state index is 11.9. The number of nitriles is 1. The van der Waals surface area contributed by atoms with E-state index in [0.29, 0.717) is 18.1 Å². The molecule has 1 amide bonds. The fraction of sp³-hybridized carbons (Fsp3) is 0.429. The van der Waals surface area contributed by atoms with Crippen molar-refractivity contribution < 1.29 is 4.79 Å². The summed E-state index contributed by atoms with van der Waals surface area (Å²) >= 11 is 0. The molecule has 0 aliphatic heterocycles. The molecule has 5 nitrogen and oxygen atoms in total. The summed E-state index contributed by atoms with van der Waals surface area (Å²) in [6, 6.07) is 1.98. The Hall–Kier alpha value is -2.22. The predicted octanol–water partition coefficient (Wildman–Crippen LogP) is 2.49. The van der Waals surface area contributed by atoms with Crippen LogP contribution in [0.4, 0.5) is 5.82 Å². The van der Waals surface area contributed by atoms with Crippen molar-refractivity contribution >= 4 is 11.7 Å². The molecule has 0 fully saturated rings. The zero-order valence-corrected chi connectivity index (χ0v) is 10.9. The van der Waals surface area contributed by atoms with Gasteiger partial charge in [-0.15, -0.1) is 0 Å². The Balaban J connectivity index is 2.04.